The Bertz CT molecular complexity index is 419. The van der Waals surface area contributed by atoms with E-state index in [0.717, 1.165) is 5.92 Å². The predicted octanol–water partition coefficient (Wildman–Crippen LogP) is 2.32. The average Bonchev–Trinajstić information content (AvgIpc) is 2.86. The molecule has 1 aliphatic heterocycles. The third kappa shape index (κ3) is 1.77. The fourth-order valence-corrected chi connectivity index (χ4v) is 2.44. The molecule has 1 aromatic heterocycles. The molecule has 2 heterocycles. The fraction of sp³-hybridized carbons (Fsp3) is 0.385. The number of nitrogens with one attached hydrogen (secondary N) is 2. The maximum atomic E-state index is 3.49. The molecule has 0 bridgehead atoms. The Morgan fingerprint density at radius 2 is 2.20 bits per heavy atom. The van der Waals surface area contributed by atoms with Crippen LogP contribution < -0.4 is 5.32 Å². The Kier molecular flexibility index (Phi) is 2.22. The van der Waals surface area contributed by atoms with Gasteiger partial charge in [-0.1, -0.05) is 18.2 Å². The van der Waals surface area contributed by atoms with Gasteiger partial charge in [-0.3, -0.25) is 0 Å². The van der Waals surface area contributed by atoms with Gasteiger partial charge in [-0.2, -0.15) is 0 Å². The van der Waals surface area contributed by atoms with Crippen LogP contribution in [-0.2, 0) is 6.42 Å². The number of fused-ring (bicyclic) bond motifs is 1. The zero-order valence-electron chi connectivity index (χ0n) is 8.79. The van der Waals surface area contributed by atoms with Gasteiger partial charge in [0.25, 0.3) is 0 Å². The van der Waals surface area contributed by atoms with Crippen LogP contribution in [-0.4, -0.2) is 18.1 Å². The SMILES string of the molecule is c1ccc2[nH]c(CC3CCNC3)cc2c1. The van der Waals surface area contributed by atoms with Gasteiger partial charge >= 0.3 is 0 Å². The van der Waals surface area contributed by atoms with Crippen molar-refractivity contribution in [2.75, 3.05) is 13.1 Å². The lowest BCUT2D eigenvalue weighted by Crippen LogP contribution is -2.10. The van der Waals surface area contributed by atoms with E-state index in [2.05, 4.69) is 40.6 Å². The van der Waals surface area contributed by atoms with Crippen LogP contribution in [0.15, 0.2) is 30.3 Å². The summed E-state index contributed by atoms with van der Waals surface area (Å²) in [6.45, 7) is 2.36. The highest BCUT2D eigenvalue weighted by molar-refractivity contribution is 5.80. The second-order valence-electron chi connectivity index (χ2n) is 4.44. The summed E-state index contributed by atoms with van der Waals surface area (Å²) in [4.78, 5) is 3.49. The highest BCUT2D eigenvalue weighted by Gasteiger charge is 2.15. The Hall–Kier alpha value is -1.28. The molecule has 0 spiro atoms. The first kappa shape index (κ1) is 8.98. The second-order valence-corrected chi connectivity index (χ2v) is 4.44. The van der Waals surface area contributed by atoms with Crippen molar-refractivity contribution >= 4 is 10.9 Å². The number of hydrogen-bond acceptors (Lipinski definition) is 1. The third-order valence-electron chi connectivity index (χ3n) is 3.26. The molecule has 0 aliphatic carbocycles. The van der Waals surface area contributed by atoms with E-state index in [1.807, 2.05) is 0 Å². The average molecular weight is 200 g/mol. The van der Waals surface area contributed by atoms with E-state index in [-0.39, 0.29) is 0 Å². The lowest BCUT2D eigenvalue weighted by Gasteiger charge is -2.04. The molecule has 2 N–H and O–H groups in total. The van der Waals surface area contributed by atoms with Gasteiger partial charge in [-0.25, -0.2) is 0 Å². The Morgan fingerprint density at radius 1 is 1.27 bits per heavy atom. The Labute approximate surface area is 89.7 Å². The molecule has 2 heteroatoms. The molecule has 2 aromatic rings. The van der Waals surface area contributed by atoms with E-state index >= 15 is 0 Å². The molecule has 1 saturated heterocycles. The maximum absolute atomic E-state index is 3.49. The van der Waals surface area contributed by atoms with Crippen LogP contribution in [0, 0.1) is 5.92 Å². The first-order valence-electron chi connectivity index (χ1n) is 5.69. The summed E-state index contributed by atoms with van der Waals surface area (Å²) in [6.07, 6.45) is 2.50. The summed E-state index contributed by atoms with van der Waals surface area (Å²) in [5, 5.41) is 4.74. The number of aromatic nitrogens is 1. The van der Waals surface area contributed by atoms with Gasteiger partial charge in [0.15, 0.2) is 0 Å². The van der Waals surface area contributed by atoms with Crippen LogP contribution in [0.25, 0.3) is 10.9 Å². The highest BCUT2D eigenvalue weighted by Crippen LogP contribution is 2.19. The van der Waals surface area contributed by atoms with Crippen molar-refractivity contribution in [1.82, 2.24) is 10.3 Å². The smallest absolute Gasteiger partial charge is 0.0456 e. The topological polar surface area (TPSA) is 27.8 Å². The molecule has 15 heavy (non-hydrogen) atoms. The van der Waals surface area contributed by atoms with Crippen molar-refractivity contribution in [3.63, 3.8) is 0 Å². The summed E-state index contributed by atoms with van der Waals surface area (Å²) in [6, 6.07) is 10.8. The molecule has 2 nitrogen and oxygen atoms in total. The monoisotopic (exact) mass is 200 g/mol. The number of hydrogen-bond donors (Lipinski definition) is 2. The van der Waals surface area contributed by atoms with Crippen molar-refractivity contribution < 1.29 is 0 Å². The van der Waals surface area contributed by atoms with Crippen molar-refractivity contribution in [3.05, 3.63) is 36.0 Å². The molecule has 1 unspecified atom stereocenters. The van der Waals surface area contributed by atoms with Crippen molar-refractivity contribution in [2.45, 2.75) is 12.8 Å². The van der Waals surface area contributed by atoms with Gasteiger partial charge in [0.1, 0.15) is 0 Å². The molecule has 1 aromatic carbocycles. The number of aromatic amines is 1. The van der Waals surface area contributed by atoms with E-state index in [1.165, 1.54) is 42.5 Å². The summed E-state index contributed by atoms with van der Waals surface area (Å²) >= 11 is 0. The molecule has 0 saturated carbocycles. The summed E-state index contributed by atoms with van der Waals surface area (Å²) in [5.74, 6) is 0.818. The molecule has 1 fully saturated rings. The van der Waals surface area contributed by atoms with E-state index in [4.69, 9.17) is 0 Å². The summed E-state index contributed by atoms with van der Waals surface area (Å²) < 4.78 is 0. The minimum Gasteiger partial charge on any atom is -0.358 e. The van der Waals surface area contributed by atoms with Crippen molar-refractivity contribution in [3.8, 4) is 0 Å². The molecule has 0 amide bonds. The standard InChI is InChI=1S/C13H16N2/c1-2-4-13-11(3-1)8-12(15-13)7-10-5-6-14-9-10/h1-4,8,10,14-15H,5-7,9H2. The molecule has 78 valence electrons. The van der Waals surface area contributed by atoms with Crippen LogP contribution in [0.2, 0.25) is 0 Å². The van der Waals surface area contributed by atoms with Gasteiger partial charge in [0.2, 0.25) is 0 Å². The second kappa shape index (κ2) is 3.70. The number of benzene rings is 1. The van der Waals surface area contributed by atoms with Crippen molar-refractivity contribution in [2.24, 2.45) is 5.92 Å². The molecule has 1 atom stereocenters. The van der Waals surface area contributed by atoms with Gasteiger partial charge < -0.3 is 10.3 Å². The number of H-pyrrole nitrogens is 1. The first-order chi connectivity index (χ1) is 7.42. The minimum absolute atomic E-state index is 0.818. The molecule has 1 aliphatic rings. The highest BCUT2D eigenvalue weighted by atomic mass is 14.9. The predicted molar refractivity (Wildman–Crippen MR) is 63.0 cm³/mol. The Balaban J connectivity index is 1.84. The van der Waals surface area contributed by atoms with Gasteiger partial charge in [0, 0.05) is 11.2 Å². The summed E-state index contributed by atoms with van der Waals surface area (Å²) in [7, 11) is 0. The number of para-hydroxylation sites is 1. The van der Waals surface area contributed by atoms with E-state index in [9.17, 15) is 0 Å². The van der Waals surface area contributed by atoms with E-state index in [1.54, 1.807) is 0 Å². The number of rotatable bonds is 2. The van der Waals surface area contributed by atoms with Crippen LogP contribution >= 0.6 is 0 Å². The molecular weight excluding hydrogens is 184 g/mol. The van der Waals surface area contributed by atoms with E-state index in [0.29, 0.717) is 0 Å². The zero-order valence-corrected chi connectivity index (χ0v) is 8.79. The molecule has 3 rings (SSSR count). The molecule has 0 radical (unpaired) electrons. The van der Waals surface area contributed by atoms with Crippen LogP contribution in [0.1, 0.15) is 12.1 Å². The largest absolute Gasteiger partial charge is 0.358 e. The third-order valence-corrected chi connectivity index (χ3v) is 3.26. The van der Waals surface area contributed by atoms with Gasteiger partial charge in [0.05, 0.1) is 0 Å². The van der Waals surface area contributed by atoms with Crippen LogP contribution in [0.4, 0.5) is 0 Å². The first-order valence-corrected chi connectivity index (χ1v) is 5.69. The normalized spacial score (nSPS) is 21.2. The van der Waals surface area contributed by atoms with Gasteiger partial charge in [-0.15, -0.1) is 0 Å². The fourth-order valence-electron chi connectivity index (χ4n) is 2.44. The molecular formula is C13H16N2. The maximum Gasteiger partial charge on any atom is 0.0456 e. The quantitative estimate of drug-likeness (QED) is 0.765. The minimum atomic E-state index is 0.818. The lowest BCUT2D eigenvalue weighted by molar-refractivity contribution is 0.574. The van der Waals surface area contributed by atoms with Crippen LogP contribution in [0.3, 0.4) is 0 Å². The Morgan fingerprint density at radius 3 is 3.00 bits per heavy atom. The van der Waals surface area contributed by atoms with Crippen LogP contribution in [0.5, 0.6) is 0 Å². The summed E-state index contributed by atoms with van der Waals surface area (Å²) in [5.41, 5.74) is 2.64. The zero-order chi connectivity index (χ0) is 10.1. The lowest BCUT2D eigenvalue weighted by atomic mass is 10.0. The van der Waals surface area contributed by atoms with Crippen molar-refractivity contribution in [1.29, 1.82) is 0 Å². The van der Waals surface area contributed by atoms with E-state index < -0.39 is 0 Å². The van der Waals surface area contributed by atoms with Gasteiger partial charge in [-0.05, 0) is 49.4 Å².